The van der Waals surface area contributed by atoms with E-state index >= 15 is 0 Å². The molecule has 0 atom stereocenters. The van der Waals surface area contributed by atoms with Gasteiger partial charge in [0.2, 0.25) is 5.95 Å². The molecule has 0 aliphatic rings. The van der Waals surface area contributed by atoms with Crippen LogP contribution < -0.4 is 0 Å². The first-order valence-corrected chi connectivity index (χ1v) is 2.74. The van der Waals surface area contributed by atoms with Crippen LogP contribution in [0.15, 0.2) is 18.3 Å². The lowest BCUT2D eigenvalue weighted by Gasteiger charge is -1.93. The molecular weight excluding hydrogens is 117 g/mol. The zero-order valence-corrected chi connectivity index (χ0v) is 5.13. The monoisotopic (exact) mass is 124 g/mol. The van der Waals surface area contributed by atoms with Gasteiger partial charge < -0.3 is 0 Å². The molecule has 1 aromatic rings. The van der Waals surface area contributed by atoms with Gasteiger partial charge in [0.1, 0.15) is 0 Å². The van der Waals surface area contributed by atoms with E-state index in [1.807, 2.05) is 0 Å². The van der Waals surface area contributed by atoms with E-state index in [-0.39, 0.29) is 0 Å². The average Bonchev–Trinajstić information content (AvgIpc) is 1.89. The van der Waals surface area contributed by atoms with Gasteiger partial charge in [-0.25, -0.2) is 4.98 Å². The first-order valence-electron chi connectivity index (χ1n) is 2.74. The van der Waals surface area contributed by atoms with Gasteiger partial charge in [0, 0.05) is 11.8 Å². The van der Waals surface area contributed by atoms with Gasteiger partial charge in [0.15, 0.2) is 0 Å². The highest BCUT2D eigenvalue weighted by molar-refractivity contribution is 5.18. The summed E-state index contributed by atoms with van der Waals surface area (Å²) in [5, 5.41) is 0. The summed E-state index contributed by atoms with van der Waals surface area (Å²) in [7, 11) is 0. The first-order chi connectivity index (χ1) is 4.34. The lowest BCUT2D eigenvalue weighted by atomic mass is 10.2. The average molecular weight is 124 g/mol. The van der Waals surface area contributed by atoms with Crippen molar-refractivity contribution < 1.29 is 4.39 Å². The quantitative estimate of drug-likeness (QED) is 0.520. The Morgan fingerprint density at radius 2 is 2.44 bits per heavy atom. The summed E-state index contributed by atoms with van der Waals surface area (Å²) in [6.07, 6.45) is 3.12. The molecule has 0 bridgehead atoms. The van der Waals surface area contributed by atoms with Gasteiger partial charge in [-0.2, -0.15) is 4.39 Å². The Morgan fingerprint density at radius 1 is 1.67 bits per heavy atom. The molecule has 0 fully saturated rings. The van der Waals surface area contributed by atoms with Crippen molar-refractivity contribution in [3.8, 4) is 0 Å². The molecule has 1 aromatic heterocycles. The second-order valence-electron chi connectivity index (χ2n) is 1.67. The molecule has 1 rings (SSSR count). The van der Waals surface area contributed by atoms with Gasteiger partial charge in [0.05, 0.1) is 0 Å². The van der Waals surface area contributed by atoms with E-state index in [9.17, 15) is 4.39 Å². The molecule has 0 amide bonds. The van der Waals surface area contributed by atoms with E-state index in [4.69, 9.17) is 0 Å². The van der Waals surface area contributed by atoms with Gasteiger partial charge in [-0.15, -0.1) is 0 Å². The number of hydrogen-bond acceptors (Lipinski definition) is 1. The van der Waals surface area contributed by atoms with Gasteiger partial charge >= 0.3 is 0 Å². The Labute approximate surface area is 53.5 Å². The second kappa shape index (κ2) is 2.58. The molecule has 0 saturated carbocycles. The van der Waals surface area contributed by atoms with Crippen LogP contribution in [0.2, 0.25) is 0 Å². The van der Waals surface area contributed by atoms with Crippen LogP contribution in [0.4, 0.5) is 4.39 Å². The highest BCUT2D eigenvalue weighted by Crippen LogP contribution is 2.03. The van der Waals surface area contributed by atoms with Crippen LogP contribution in [-0.4, -0.2) is 4.98 Å². The third kappa shape index (κ3) is 1.25. The molecule has 0 aliphatic heterocycles. The van der Waals surface area contributed by atoms with Crippen LogP contribution >= 0.6 is 0 Å². The molecule has 47 valence electrons. The first kappa shape index (κ1) is 6.20. The third-order valence-electron chi connectivity index (χ3n) is 1.10. The largest absolute Gasteiger partial charge is 0.228 e. The molecule has 0 unspecified atom stereocenters. The summed E-state index contributed by atoms with van der Waals surface area (Å²) in [5.41, 5.74) is 0.553. The smallest absolute Gasteiger partial charge is 0.216 e. The van der Waals surface area contributed by atoms with Crippen molar-refractivity contribution in [2.45, 2.75) is 6.92 Å². The number of aromatic nitrogens is 1. The molecule has 0 spiro atoms. The predicted molar refractivity (Wildman–Crippen MR) is 33.3 cm³/mol. The summed E-state index contributed by atoms with van der Waals surface area (Å²) < 4.78 is 12.4. The van der Waals surface area contributed by atoms with E-state index in [2.05, 4.69) is 4.98 Å². The Balaban J connectivity index is 3.01. The van der Waals surface area contributed by atoms with Crippen molar-refractivity contribution in [2.24, 2.45) is 0 Å². The maximum absolute atomic E-state index is 12.4. The molecule has 1 radical (unpaired) electrons. The zero-order valence-electron chi connectivity index (χ0n) is 5.13. The van der Waals surface area contributed by atoms with Crippen LogP contribution in [0.25, 0.3) is 0 Å². The number of pyridine rings is 1. The fourth-order valence-corrected chi connectivity index (χ4v) is 0.614. The van der Waals surface area contributed by atoms with Crippen molar-refractivity contribution in [1.29, 1.82) is 0 Å². The lowest BCUT2D eigenvalue weighted by molar-refractivity contribution is 0.576. The highest BCUT2D eigenvalue weighted by Gasteiger charge is 1.95. The third-order valence-corrected chi connectivity index (χ3v) is 1.10. The zero-order chi connectivity index (χ0) is 6.69. The van der Waals surface area contributed by atoms with Crippen molar-refractivity contribution in [3.05, 3.63) is 36.3 Å². The number of hydrogen-bond donors (Lipinski definition) is 0. The topological polar surface area (TPSA) is 12.9 Å². The number of halogens is 1. The summed E-state index contributed by atoms with van der Waals surface area (Å²) in [6.45, 7) is 1.78. The Bertz CT molecular complexity index is 198. The minimum absolute atomic E-state index is 0.403. The van der Waals surface area contributed by atoms with Crippen molar-refractivity contribution >= 4 is 0 Å². The summed E-state index contributed by atoms with van der Waals surface area (Å²) in [4.78, 5) is 3.45. The summed E-state index contributed by atoms with van der Waals surface area (Å²) >= 11 is 0. The van der Waals surface area contributed by atoms with Crippen LogP contribution in [-0.2, 0) is 0 Å². The van der Waals surface area contributed by atoms with Gasteiger partial charge in [-0.3, -0.25) is 0 Å². The van der Waals surface area contributed by atoms with Crippen LogP contribution in [0.3, 0.4) is 0 Å². The van der Waals surface area contributed by atoms with Gasteiger partial charge in [-0.05, 0) is 12.5 Å². The van der Waals surface area contributed by atoms with E-state index < -0.39 is 5.95 Å². The van der Waals surface area contributed by atoms with E-state index in [0.717, 1.165) is 0 Å². The Morgan fingerprint density at radius 3 is 2.89 bits per heavy atom. The van der Waals surface area contributed by atoms with Gasteiger partial charge in [0.25, 0.3) is 0 Å². The number of nitrogens with zero attached hydrogens (tertiary/aromatic N) is 1. The van der Waals surface area contributed by atoms with E-state index in [1.165, 1.54) is 6.20 Å². The van der Waals surface area contributed by atoms with E-state index in [1.54, 1.807) is 25.5 Å². The standard InChI is InChI=1S/C7H7FN/c1-2-6-4-3-5-9-7(6)8/h2-5H,1H3. The molecule has 0 N–H and O–H groups in total. The van der Waals surface area contributed by atoms with Gasteiger partial charge in [-0.1, -0.05) is 13.0 Å². The maximum atomic E-state index is 12.4. The Hall–Kier alpha value is -0.920. The second-order valence-corrected chi connectivity index (χ2v) is 1.67. The molecular formula is C7H7FN. The van der Waals surface area contributed by atoms with Crippen LogP contribution in [0.5, 0.6) is 0 Å². The summed E-state index contributed by atoms with van der Waals surface area (Å²) in [6, 6.07) is 3.39. The van der Waals surface area contributed by atoms with Crippen LogP contribution in [0, 0.1) is 12.4 Å². The van der Waals surface area contributed by atoms with E-state index in [0.29, 0.717) is 5.56 Å². The maximum Gasteiger partial charge on any atom is 0.216 e. The highest BCUT2D eigenvalue weighted by atomic mass is 19.1. The molecule has 0 aromatic carbocycles. The van der Waals surface area contributed by atoms with Crippen LogP contribution in [0.1, 0.15) is 12.5 Å². The molecule has 1 nitrogen and oxygen atoms in total. The molecule has 9 heavy (non-hydrogen) atoms. The Kier molecular flexibility index (Phi) is 1.78. The molecule has 1 heterocycles. The molecule has 0 saturated heterocycles. The minimum Gasteiger partial charge on any atom is -0.228 e. The SMILES string of the molecule is C[CH]c1cccnc1F. The van der Waals surface area contributed by atoms with Crippen molar-refractivity contribution in [3.63, 3.8) is 0 Å². The summed E-state index contributed by atoms with van der Waals surface area (Å²) in [5.74, 6) is -0.403. The van der Waals surface area contributed by atoms with Crippen molar-refractivity contribution in [2.75, 3.05) is 0 Å². The fraction of sp³-hybridized carbons (Fsp3) is 0.143. The predicted octanol–water partition coefficient (Wildman–Crippen LogP) is 1.79. The van der Waals surface area contributed by atoms with Crippen molar-refractivity contribution in [1.82, 2.24) is 4.98 Å². The minimum atomic E-state index is -0.403. The molecule has 0 aliphatic carbocycles. The normalized spacial score (nSPS) is 9.56. The lowest BCUT2D eigenvalue weighted by Crippen LogP contribution is -1.87. The fourth-order valence-electron chi connectivity index (χ4n) is 0.614. The number of rotatable bonds is 1. The molecule has 2 heteroatoms.